The molecule has 1 N–H and O–H groups in total. The molecule has 5 nitrogen and oxygen atoms in total. The molecule has 0 spiro atoms. The summed E-state index contributed by atoms with van der Waals surface area (Å²) in [6.07, 6.45) is 0.833. The molecule has 25 heavy (non-hydrogen) atoms. The van der Waals surface area contributed by atoms with Crippen LogP contribution in [-0.4, -0.2) is 35.0 Å². The number of hydrogen-bond donors (Lipinski definition) is 1. The molecular formula is C17H19Cl3N4O. The topological polar surface area (TPSA) is 58.1 Å². The number of halogens is 3. The van der Waals surface area contributed by atoms with Crippen molar-refractivity contribution in [3.8, 4) is 0 Å². The number of carbonyl (C=O) groups is 1. The molecule has 1 atom stereocenters. The van der Waals surface area contributed by atoms with E-state index < -0.39 is 5.41 Å². The molecule has 0 saturated carbocycles. The fourth-order valence-electron chi connectivity index (χ4n) is 2.69. The number of nitrogens with zero attached hydrogens (tertiary/aromatic N) is 3. The van der Waals surface area contributed by atoms with Crippen LogP contribution in [0.1, 0.15) is 27.2 Å². The van der Waals surface area contributed by atoms with Crippen LogP contribution in [0.4, 0.5) is 5.82 Å². The maximum Gasteiger partial charge on any atom is 0.225 e. The monoisotopic (exact) mass is 400 g/mol. The van der Waals surface area contributed by atoms with E-state index in [4.69, 9.17) is 34.8 Å². The van der Waals surface area contributed by atoms with E-state index in [-0.39, 0.29) is 11.9 Å². The summed E-state index contributed by atoms with van der Waals surface area (Å²) in [7, 11) is 0. The maximum absolute atomic E-state index is 12.2. The molecule has 3 rings (SSSR count). The zero-order valence-corrected chi connectivity index (χ0v) is 16.5. The molecule has 0 bridgehead atoms. The van der Waals surface area contributed by atoms with Gasteiger partial charge in [0.05, 0.1) is 21.1 Å². The number of fused-ring (bicyclic) bond motifs is 1. The maximum atomic E-state index is 12.2. The molecule has 134 valence electrons. The first-order valence-electron chi connectivity index (χ1n) is 8.03. The fourth-order valence-corrected chi connectivity index (χ4v) is 3.26. The van der Waals surface area contributed by atoms with E-state index in [0.717, 1.165) is 13.0 Å². The zero-order valence-electron chi connectivity index (χ0n) is 14.2. The number of aromatic nitrogens is 2. The number of anilines is 1. The predicted molar refractivity (Wildman–Crippen MR) is 103 cm³/mol. The molecule has 1 saturated heterocycles. The molecule has 1 aliphatic heterocycles. The Morgan fingerprint density at radius 3 is 2.36 bits per heavy atom. The lowest BCUT2D eigenvalue weighted by molar-refractivity contribution is -0.129. The van der Waals surface area contributed by atoms with Gasteiger partial charge in [0.1, 0.15) is 0 Å². The molecular weight excluding hydrogens is 383 g/mol. The van der Waals surface area contributed by atoms with E-state index in [2.05, 4.69) is 15.3 Å². The number of amides is 1. The highest BCUT2D eigenvalue weighted by Gasteiger charge is 2.30. The summed E-state index contributed by atoms with van der Waals surface area (Å²) in [6.45, 7) is 7.08. The Balaban J connectivity index is 1.82. The third-order valence-electron chi connectivity index (χ3n) is 4.15. The van der Waals surface area contributed by atoms with Crippen molar-refractivity contribution in [1.29, 1.82) is 0 Å². The van der Waals surface area contributed by atoms with Crippen LogP contribution >= 0.6 is 34.8 Å². The minimum absolute atomic E-state index is 0.0384. The largest absolute Gasteiger partial charge is 0.352 e. The smallest absolute Gasteiger partial charge is 0.225 e. The normalized spacial score (nSPS) is 18.0. The van der Waals surface area contributed by atoms with Crippen molar-refractivity contribution < 1.29 is 4.79 Å². The van der Waals surface area contributed by atoms with Crippen LogP contribution in [0.25, 0.3) is 11.0 Å². The Hall–Kier alpha value is -1.30. The van der Waals surface area contributed by atoms with Crippen LogP contribution in [0.3, 0.4) is 0 Å². The van der Waals surface area contributed by atoms with Gasteiger partial charge < -0.3 is 10.2 Å². The van der Waals surface area contributed by atoms with Crippen molar-refractivity contribution in [3.63, 3.8) is 0 Å². The summed E-state index contributed by atoms with van der Waals surface area (Å²) in [5, 5.41) is 4.23. The summed E-state index contributed by atoms with van der Waals surface area (Å²) < 4.78 is 0. The Morgan fingerprint density at radius 2 is 1.76 bits per heavy atom. The fraction of sp³-hybridized carbons (Fsp3) is 0.471. The van der Waals surface area contributed by atoms with Crippen molar-refractivity contribution in [2.24, 2.45) is 5.41 Å². The van der Waals surface area contributed by atoms with Gasteiger partial charge in [-0.1, -0.05) is 55.6 Å². The van der Waals surface area contributed by atoms with Crippen molar-refractivity contribution in [2.75, 3.05) is 18.0 Å². The predicted octanol–water partition coefficient (Wildman–Crippen LogP) is 4.33. The lowest BCUT2D eigenvalue weighted by Gasteiger charge is -2.22. The molecule has 1 aromatic carbocycles. The summed E-state index contributed by atoms with van der Waals surface area (Å²) in [5.41, 5.74) is 0.819. The van der Waals surface area contributed by atoms with Crippen molar-refractivity contribution in [2.45, 2.75) is 33.2 Å². The first-order chi connectivity index (χ1) is 11.6. The zero-order chi connectivity index (χ0) is 18.4. The molecule has 0 radical (unpaired) electrons. The quantitative estimate of drug-likeness (QED) is 0.813. The number of carbonyl (C=O) groups excluding carboxylic acids is 1. The highest BCUT2D eigenvalue weighted by molar-refractivity contribution is 6.42. The Labute approximate surface area is 161 Å². The van der Waals surface area contributed by atoms with E-state index in [9.17, 15) is 4.79 Å². The van der Waals surface area contributed by atoms with Gasteiger partial charge in [-0.05, 0) is 18.6 Å². The highest BCUT2D eigenvalue weighted by atomic mass is 35.5. The van der Waals surface area contributed by atoms with Crippen LogP contribution in [0.15, 0.2) is 12.1 Å². The van der Waals surface area contributed by atoms with E-state index >= 15 is 0 Å². The summed E-state index contributed by atoms with van der Waals surface area (Å²) in [6, 6.07) is 3.40. The van der Waals surface area contributed by atoms with Crippen LogP contribution < -0.4 is 10.2 Å². The van der Waals surface area contributed by atoms with Crippen molar-refractivity contribution in [1.82, 2.24) is 15.3 Å². The van der Waals surface area contributed by atoms with Crippen LogP contribution in [0, 0.1) is 5.41 Å². The van der Waals surface area contributed by atoms with Gasteiger partial charge in [-0.2, -0.15) is 0 Å². The molecule has 2 aromatic rings. The number of hydrogen-bond acceptors (Lipinski definition) is 4. The molecule has 1 aliphatic rings. The first-order valence-corrected chi connectivity index (χ1v) is 9.17. The average Bonchev–Trinajstić information content (AvgIpc) is 2.96. The van der Waals surface area contributed by atoms with Crippen LogP contribution in [0.2, 0.25) is 15.2 Å². The highest BCUT2D eigenvalue weighted by Crippen LogP contribution is 2.31. The third kappa shape index (κ3) is 3.94. The molecule has 0 aliphatic carbocycles. The number of benzene rings is 1. The third-order valence-corrected chi connectivity index (χ3v) is 5.13. The van der Waals surface area contributed by atoms with Gasteiger partial charge >= 0.3 is 0 Å². The second-order valence-electron chi connectivity index (χ2n) is 7.25. The van der Waals surface area contributed by atoms with Gasteiger partial charge in [-0.25, -0.2) is 9.97 Å². The Bertz CT molecular complexity index is 835. The molecule has 1 fully saturated rings. The van der Waals surface area contributed by atoms with E-state index in [1.165, 1.54) is 0 Å². The first kappa shape index (κ1) is 18.5. The van der Waals surface area contributed by atoms with Gasteiger partial charge in [-0.3, -0.25) is 4.79 Å². The Kier molecular flexibility index (Phi) is 5.02. The average molecular weight is 402 g/mol. The minimum atomic E-state index is -0.413. The minimum Gasteiger partial charge on any atom is -0.352 e. The molecule has 2 heterocycles. The second kappa shape index (κ2) is 6.78. The van der Waals surface area contributed by atoms with Gasteiger partial charge in [0.25, 0.3) is 0 Å². The van der Waals surface area contributed by atoms with E-state index in [0.29, 0.717) is 38.6 Å². The lowest BCUT2D eigenvalue weighted by atomic mass is 9.95. The standard InChI is InChI=1S/C17H19Cl3N4O/c1-17(2,3)16(25)21-9-4-5-24(8-9)15-14(20)22-12-6-10(18)11(19)7-13(12)23-15/h6-7,9H,4-5,8H2,1-3H3,(H,21,25). The second-order valence-corrected chi connectivity index (χ2v) is 8.42. The van der Waals surface area contributed by atoms with Gasteiger partial charge in [-0.15, -0.1) is 0 Å². The van der Waals surface area contributed by atoms with Crippen molar-refractivity contribution >= 4 is 57.6 Å². The molecule has 8 heteroatoms. The van der Waals surface area contributed by atoms with Gasteiger partial charge in [0.2, 0.25) is 5.91 Å². The lowest BCUT2D eigenvalue weighted by Crippen LogP contribution is -2.43. The summed E-state index contributed by atoms with van der Waals surface area (Å²) >= 11 is 18.4. The Morgan fingerprint density at radius 1 is 1.16 bits per heavy atom. The summed E-state index contributed by atoms with van der Waals surface area (Å²) in [5.74, 6) is 0.636. The van der Waals surface area contributed by atoms with Gasteiger partial charge in [0, 0.05) is 24.5 Å². The molecule has 1 unspecified atom stereocenters. The number of nitrogens with one attached hydrogen (secondary N) is 1. The van der Waals surface area contributed by atoms with Crippen LogP contribution in [0.5, 0.6) is 0 Å². The van der Waals surface area contributed by atoms with Crippen LogP contribution in [-0.2, 0) is 4.79 Å². The van der Waals surface area contributed by atoms with Gasteiger partial charge in [0.15, 0.2) is 11.0 Å². The molecule has 1 aromatic heterocycles. The van der Waals surface area contributed by atoms with Crippen molar-refractivity contribution in [3.05, 3.63) is 27.3 Å². The van der Waals surface area contributed by atoms with E-state index in [1.54, 1.807) is 12.1 Å². The summed E-state index contributed by atoms with van der Waals surface area (Å²) in [4.78, 5) is 23.2. The van der Waals surface area contributed by atoms with E-state index in [1.807, 2.05) is 25.7 Å². The SMILES string of the molecule is CC(C)(C)C(=O)NC1CCN(c2nc3cc(Cl)c(Cl)cc3nc2Cl)C1. The number of rotatable bonds is 2. The molecule has 1 amide bonds.